The van der Waals surface area contributed by atoms with Crippen molar-refractivity contribution < 1.29 is 19.1 Å². The van der Waals surface area contributed by atoms with Crippen molar-refractivity contribution in [3.05, 3.63) is 54.1 Å². The zero-order valence-electron chi connectivity index (χ0n) is 14.6. The molecular weight excluding hydrogens is 340 g/mol. The molecule has 1 saturated carbocycles. The molecule has 0 aromatic heterocycles. The number of benzene rings is 1. The summed E-state index contributed by atoms with van der Waals surface area (Å²) in [5.74, 6) is -1.32. The number of allylic oxidation sites excluding steroid dienone is 2. The lowest BCUT2D eigenvalue weighted by molar-refractivity contribution is -0.171. The molecule has 0 radical (unpaired) electrons. The van der Waals surface area contributed by atoms with Gasteiger partial charge in [0.1, 0.15) is 0 Å². The first kappa shape index (κ1) is 19.3. The maximum atomic E-state index is 12.6. The van der Waals surface area contributed by atoms with Crippen molar-refractivity contribution in [2.75, 3.05) is 13.2 Å². The highest BCUT2D eigenvalue weighted by atomic mass is 35.5. The van der Waals surface area contributed by atoms with E-state index in [9.17, 15) is 9.59 Å². The molecular formula is C20H23ClO4. The highest BCUT2D eigenvalue weighted by Crippen LogP contribution is 2.50. The Morgan fingerprint density at radius 1 is 1.20 bits per heavy atom. The summed E-state index contributed by atoms with van der Waals surface area (Å²) in [5.41, 5.74) is 0.285. The molecule has 4 nitrogen and oxygen atoms in total. The van der Waals surface area contributed by atoms with Crippen molar-refractivity contribution in [2.24, 2.45) is 11.3 Å². The van der Waals surface area contributed by atoms with E-state index in [1.54, 1.807) is 19.9 Å². The molecule has 1 fully saturated rings. The molecule has 0 heterocycles. The van der Waals surface area contributed by atoms with Crippen LogP contribution in [0.5, 0.6) is 0 Å². The van der Waals surface area contributed by atoms with Gasteiger partial charge in [-0.1, -0.05) is 48.0 Å². The molecule has 5 heteroatoms. The first-order valence-corrected chi connectivity index (χ1v) is 8.78. The lowest BCUT2D eigenvalue weighted by Crippen LogP contribution is -2.40. The Hall–Kier alpha value is -2.07. The quantitative estimate of drug-likeness (QED) is 0.429. The topological polar surface area (TPSA) is 52.6 Å². The predicted octanol–water partition coefficient (Wildman–Crippen LogP) is 4.35. The van der Waals surface area contributed by atoms with E-state index in [0.717, 1.165) is 11.1 Å². The second-order valence-electron chi connectivity index (χ2n) is 5.95. The lowest BCUT2D eigenvalue weighted by Gasteiger charge is -2.24. The molecule has 1 aromatic rings. The van der Waals surface area contributed by atoms with E-state index in [4.69, 9.17) is 21.1 Å². The van der Waals surface area contributed by atoms with Crippen molar-refractivity contribution in [3.63, 3.8) is 0 Å². The molecule has 1 aliphatic carbocycles. The summed E-state index contributed by atoms with van der Waals surface area (Å²) in [6, 6.07) is 9.47. The molecule has 134 valence electrons. The third-order valence-corrected chi connectivity index (χ3v) is 4.90. The minimum atomic E-state index is -1.37. The maximum Gasteiger partial charge on any atom is 0.323 e. The highest BCUT2D eigenvalue weighted by molar-refractivity contribution is 6.49. The molecule has 1 unspecified atom stereocenters. The average Bonchev–Trinajstić information content (AvgIpc) is 3.03. The smallest absolute Gasteiger partial charge is 0.323 e. The van der Waals surface area contributed by atoms with Crippen LogP contribution in [0.2, 0.25) is 0 Å². The monoisotopic (exact) mass is 362 g/mol. The SMILES string of the molecule is C=CC1CC(C(=O)OCC)(C(=O)OCC)C/C1=C(\Cl)c1ccccc1. The Balaban J connectivity index is 2.50. The lowest BCUT2D eigenvalue weighted by atomic mass is 9.85. The molecule has 1 aliphatic rings. The number of esters is 2. The van der Waals surface area contributed by atoms with Gasteiger partial charge in [-0.3, -0.25) is 9.59 Å². The third kappa shape index (κ3) is 3.79. The molecule has 2 rings (SSSR count). The van der Waals surface area contributed by atoms with E-state index in [2.05, 4.69) is 6.58 Å². The summed E-state index contributed by atoms with van der Waals surface area (Å²) < 4.78 is 10.4. The fourth-order valence-electron chi connectivity index (χ4n) is 3.20. The van der Waals surface area contributed by atoms with Crippen LogP contribution in [0.1, 0.15) is 32.3 Å². The van der Waals surface area contributed by atoms with Crippen molar-refractivity contribution in [2.45, 2.75) is 26.7 Å². The van der Waals surface area contributed by atoms with E-state index < -0.39 is 17.4 Å². The van der Waals surface area contributed by atoms with E-state index in [1.807, 2.05) is 30.3 Å². The molecule has 0 bridgehead atoms. The second-order valence-corrected chi connectivity index (χ2v) is 6.33. The van der Waals surface area contributed by atoms with Gasteiger partial charge in [0.15, 0.2) is 5.41 Å². The van der Waals surface area contributed by atoms with Crippen molar-refractivity contribution in [1.29, 1.82) is 0 Å². The van der Waals surface area contributed by atoms with Gasteiger partial charge in [-0.15, -0.1) is 6.58 Å². The zero-order valence-corrected chi connectivity index (χ0v) is 15.3. The third-order valence-electron chi connectivity index (χ3n) is 4.43. The van der Waals surface area contributed by atoms with Crippen LogP contribution in [0.4, 0.5) is 0 Å². The Labute approximate surface area is 153 Å². The van der Waals surface area contributed by atoms with E-state index >= 15 is 0 Å². The van der Waals surface area contributed by atoms with Crippen LogP contribution in [0.25, 0.3) is 5.03 Å². The number of ether oxygens (including phenoxy) is 2. The number of hydrogen-bond acceptors (Lipinski definition) is 4. The standard InChI is InChI=1S/C20H23ClO4/c1-4-14-12-20(18(22)24-5-2,19(23)25-6-3)13-16(14)17(21)15-10-8-7-9-11-15/h4,7-11,14H,1,5-6,12-13H2,2-3H3/b17-16+. The molecule has 0 spiro atoms. The van der Waals surface area contributed by atoms with Gasteiger partial charge in [0.05, 0.1) is 13.2 Å². The van der Waals surface area contributed by atoms with Crippen LogP contribution < -0.4 is 0 Å². The molecule has 0 saturated heterocycles. The average molecular weight is 363 g/mol. The molecule has 0 amide bonds. The molecule has 1 atom stereocenters. The maximum absolute atomic E-state index is 12.6. The fourth-order valence-corrected chi connectivity index (χ4v) is 3.53. The van der Waals surface area contributed by atoms with Gasteiger partial charge in [-0.25, -0.2) is 0 Å². The largest absolute Gasteiger partial charge is 0.465 e. The van der Waals surface area contributed by atoms with Crippen molar-refractivity contribution in [3.8, 4) is 0 Å². The Bertz CT molecular complexity index is 660. The fraction of sp³-hybridized carbons (Fsp3) is 0.400. The summed E-state index contributed by atoms with van der Waals surface area (Å²) in [7, 11) is 0. The normalized spacial score (nSPS) is 20.7. The molecule has 0 aliphatic heterocycles. The zero-order chi connectivity index (χ0) is 18.4. The number of hydrogen-bond donors (Lipinski definition) is 0. The van der Waals surface area contributed by atoms with E-state index in [0.29, 0.717) is 5.03 Å². The van der Waals surface area contributed by atoms with Gasteiger partial charge in [0.25, 0.3) is 0 Å². The predicted molar refractivity (Wildman–Crippen MR) is 97.8 cm³/mol. The van der Waals surface area contributed by atoms with Crippen LogP contribution in [0.3, 0.4) is 0 Å². The van der Waals surface area contributed by atoms with E-state index in [-0.39, 0.29) is 32.0 Å². The van der Waals surface area contributed by atoms with E-state index in [1.165, 1.54) is 0 Å². The van der Waals surface area contributed by atoms with Crippen LogP contribution in [0, 0.1) is 11.3 Å². The van der Waals surface area contributed by atoms with Crippen molar-refractivity contribution >= 4 is 28.6 Å². The van der Waals surface area contributed by atoms with Crippen LogP contribution in [-0.4, -0.2) is 25.2 Å². The van der Waals surface area contributed by atoms with Crippen LogP contribution >= 0.6 is 11.6 Å². The Morgan fingerprint density at radius 2 is 1.76 bits per heavy atom. The summed E-state index contributed by atoms with van der Waals surface area (Å²) in [5, 5.41) is 0.543. The van der Waals surface area contributed by atoms with Crippen molar-refractivity contribution in [1.82, 2.24) is 0 Å². The summed E-state index contributed by atoms with van der Waals surface area (Å²) in [6.45, 7) is 7.67. The molecule has 1 aromatic carbocycles. The van der Waals surface area contributed by atoms with Crippen LogP contribution in [-0.2, 0) is 19.1 Å². The van der Waals surface area contributed by atoms with Gasteiger partial charge < -0.3 is 9.47 Å². The second kappa shape index (κ2) is 8.34. The number of halogens is 1. The number of carbonyl (C=O) groups is 2. The Kier molecular flexibility index (Phi) is 6.43. The van der Waals surface area contributed by atoms with Gasteiger partial charge in [-0.2, -0.15) is 0 Å². The summed E-state index contributed by atoms with van der Waals surface area (Å²) in [6.07, 6.45) is 2.16. The summed E-state index contributed by atoms with van der Waals surface area (Å²) in [4.78, 5) is 25.3. The summed E-state index contributed by atoms with van der Waals surface area (Å²) >= 11 is 6.60. The van der Waals surface area contributed by atoms with Gasteiger partial charge in [0, 0.05) is 11.0 Å². The Morgan fingerprint density at radius 3 is 2.24 bits per heavy atom. The minimum absolute atomic E-state index is 0.176. The van der Waals surface area contributed by atoms with Gasteiger partial charge in [0.2, 0.25) is 0 Å². The molecule has 0 N–H and O–H groups in total. The van der Waals surface area contributed by atoms with Gasteiger partial charge in [-0.05, 0) is 37.8 Å². The number of rotatable bonds is 6. The van der Waals surface area contributed by atoms with Crippen LogP contribution in [0.15, 0.2) is 48.6 Å². The first-order valence-electron chi connectivity index (χ1n) is 8.41. The minimum Gasteiger partial charge on any atom is -0.465 e. The first-order chi connectivity index (χ1) is 12.0. The highest BCUT2D eigenvalue weighted by Gasteiger charge is 2.55. The number of carbonyl (C=O) groups excluding carboxylic acids is 2. The van der Waals surface area contributed by atoms with Gasteiger partial charge >= 0.3 is 11.9 Å². The molecule has 25 heavy (non-hydrogen) atoms.